The smallest absolute Gasteiger partial charge is 0.0749 e. The zero-order valence-electron chi connectivity index (χ0n) is 11.9. The van der Waals surface area contributed by atoms with Crippen LogP contribution in [0.3, 0.4) is 0 Å². The van der Waals surface area contributed by atoms with Crippen molar-refractivity contribution >= 4 is 0 Å². The first kappa shape index (κ1) is 13.6. The van der Waals surface area contributed by atoms with E-state index in [1.807, 2.05) is 7.11 Å². The summed E-state index contributed by atoms with van der Waals surface area (Å²) in [7, 11) is 3.88. The van der Waals surface area contributed by atoms with Gasteiger partial charge in [0.15, 0.2) is 0 Å². The van der Waals surface area contributed by atoms with Crippen LogP contribution in [0.1, 0.15) is 31.7 Å². The van der Waals surface area contributed by atoms with Gasteiger partial charge in [0, 0.05) is 13.2 Å². The highest BCUT2D eigenvalue weighted by atomic mass is 16.5. The Morgan fingerprint density at radius 2 is 1.89 bits per heavy atom. The molecule has 0 spiro atoms. The van der Waals surface area contributed by atoms with Crippen LogP contribution < -0.4 is 5.32 Å². The van der Waals surface area contributed by atoms with Crippen LogP contribution in [-0.2, 0) is 4.74 Å². The third kappa shape index (κ3) is 2.76. The maximum Gasteiger partial charge on any atom is 0.0749 e. The summed E-state index contributed by atoms with van der Waals surface area (Å²) < 4.78 is 5.69. The molecule has 0 amide bonds. The molecule has 1 N–H and O–H groups in total. The summed E-state index contributed by atoms with van der Waals surface area (Å²) >= 11 is 0. The molecule has 1 aliphatic rings. The SMILES string of the molecule is CNC(C1CC1c1ccccc1)C(OC)C(C)C. The molecule has 2 rings (SSSR count). The van der Waals surface area contributed by atoms with Gasteiger partial charge in [-0.2, -0.15) is 0 Å². The molecule has 1 aromatic rings. The van der Waals surface area contributed by atoms with Gasteiger partial charge in [-0.05, 0) is 36.8 Å². The van der Waals surface area contributed by atoms with Gasteiger partial charge in [-0.3, -0.25) is 0 Å². The summed E-state index contributed by atoms with van der Waals surface area (Å²) in [5.41, 5.74) is 1.47. The number of rotatable bonds is 6. The Bertz CT molecular complexity index is 363. The molecule has 18 heavy (non-hydrogen) atoms. The van der Waals surface area contributed by atoms with Gasteiger partial charge in [0.2, 0.25) is 0 Å². The second kappa shape index (κ2) is 5.85. The Hall–Kier alpha value is -0.860. The van der Waals surface area contributed by atoms with Crippen LogP contribution in [0.4, 0.5) is 0 Å². The standard InChI is InChI=1S/C16H25NO/c1-11(2)16(18-4)15(17-3)14-10-13(14)12-8-6-5-7-9-12/h5-9,11,13-17H,10H2,1-4H3. The Morgan fingerprint density at radius 1 is 1.22 bits per heavy atom. The molecular weight excluding hydrogens is 222 g/mol. The topological polar surface area (TPSA) is 21.3 Å². The molecule has 4 atom stereocenters. The highest BCUT2D eigenvalue weighted by molar-refractivity contribution is 5.27. The van der Waals surface area contributed by atoms with Crippen molar-refractivity contribution < 1.29 is 4.74 Å². The third-order valence-electron chi connectivity index (χ3n) is 4.15. The first-order chi connectivity index (χ1) is 8.69. The van der Waals surface area contributed by atoms with Crippen molar-refractivity contribution in [3.05, 3.63) is 35.9 Å². The molecule has 2 nitrogen and oxygen atoms in total. The number of nitrogens with one attached hydrogen (secondary N) is 1. The lowest BCUT2D eigenvalue weighted by atomic mass is 9.94. The predicted molar refractivity (Wildman–Crippen MR) is 75.8 cm³/mol. The van der Waals surface area contributed by atoms with Gasteiger partial charge in [-0.1, -0.05) is 44.2 Å². The fourth-order valence-electron chi connectivity index (χ4n) is 3.15. The number of likely N-dealkylation sites (N-methyl/N-ethyl adjacent to an activating group) is 1. The quantitative estimate of drug-likeness (QED) is 0.834. The van der Waals surface area contributed by atoms with Gasteiger partial charge in [-0.25, -0.2) is 0 Å². The molecule has 0 aliphatic heterocycles. The molecule has 1 aliphatic carbocycles. The van der Waals surface area contributed by atoms with Crippen molar-refractivity contribution in [3.63, 3.8) is 0 Å². The van der Waals surface area contributed by atoms with E-state index in [0.717, 1.165) is 0 Å². The van der Waals surface area contributed by atoms with Crippen molar-refractivity contribution in [3.8, 4) is 0 Å². The van der Waals surface area contributed by atoms with E-state index in [2.05, 4.69) is 56.5 Å². The summed E-state index contributed by atoms with van der Waals surface area (Å²) in [6.07, 6.45) is 1.58. The summed E-state index contributed by atoms with van der Waals surface area (Å²) in [6.45, 7) is 4.47. The van der Waals surface area contributed by atoms with Crippen molar-refractivity contribution in [2.45, 2.75) is 38.3 Å². The lowest BCUT2D eigenvalue weighted by Gasteiger charge is -2.29. The molecule has 0 aromatic heterocycles. The Labute approximate surface area is 111 Å². The minimum absolute atomic E-state index is 0.300. The lowest BCUT2D eigenvalue weighted by molar-refractivity contribution is 0.0283. The molecule has 0 radical (unpaired) electrons. The molecule has 1 aromatic carbocycles. The molecule has 0 bridgehead atoms. The van der Waals surface area contributed by atoms with E-state index in [1.165, 1.54) is 12.0 Å². The molecular formula is C16H25NO. The van der Waals surface area contributed by atoms with Crippen LogP contribution in [0.15, 0.2) is 30.3 Å². The molecule has 0 heterocycles. The molecule has 4 unspecified atom stereocenters. The van der Waals surface area contributed by atoms with Crippen molar-refractivity contribution in [1.29, 1.82) is 0 Å². The Kier molecular flexibility index (Phi) is 4.41. The van der Waals surface area contributed by atoms with E-state index in [-0.39, 0.29) is 0 Å². The molecule has 1 fully saturated rings. The van der Waals surface area contributed by atoms with Gasteiger partial charge < -0.3 is 10.1 Å². The minimum atomic E-state index is 0.300. The molecule has 0 saturated heterocycles. The number of methoxy groups -OCH3 is 1. The van der Waals surface area contributed by atoms with Crippen LogP contribution in [0.2, 0.25) is 0 Å². The van der Waals surface area contributed by atoms with E-state index in [4.69, 9.17) is 4.74 Å². The highest BCUT2D eigenvalue weighted by Gasteiger charge is 2.46. The molecule has 100 valence electrons. The molecule has 1 saturated carbocycles. The van der Waals surface area contributed by atoms with E-state index in [0.29, 0.717) is 29.9 Å². The Balaban J connectivity index is 2.04. The second-order valence-electron chi connectivity index (χ2n) is 5.68. The Morgan fingerprint density at radius 3 is 2.39 bits per heavy atom. The number of hydrogen-bond acceptors (Lipinski definition) is 2. The summed E-state index contributed by atoms with van der Waals surface area (Å²) in [5, 5.41) is 3.47. The van der Waals surface area contributed by atoms with Crippen molar-refractivity contribution in [2.24, 2.45) is 11.8 Å². The maximum absolute atomic E-state index is 5.69. The van der Waals surface area contributed by atoms with Crippen LogP contribution in [-0.4, -0.2) is 26.3 Å². The van der Waals surface area contributed by atoms with Gasteiger partial charge in [-0.15, -0.1) is 0 Å². The minimum Gasteiger partial charge on any atom is -0.380 e. The fourth-order valence-corrected chi connectivity index (χ4v) is 3.15. The largest absolute Gasteiger partial charge is 0.380 e. The fraction of sp³-hybridized carbons (Fsp3) is 0.625. The lowest BCUT2D eigenvalue weighted by Crippen LogP contribution is -2.44. The highest BCUT2D eigenvalue weighted by Crippen LogP contribution is 2.50. The van der Waals surface area contributed by atoms with Gasteiger partial charge in [0.05, 0.1) is 6.10 Å². The van der Waals surface area contributed by atoms with Crippen molar-refractivity contribution in [2.75, 3.05) is 14.2 Å². The number of benzene rings is 1. The van der Waals surface area contributed by atoms with Gasteiger partial charge >= 0.3 is 0 Å². The first-order valence-electron chi connectivity index (χ1n) is 6.94. The zero-order chi connectivity index (χ0) is 13.1. The van der Waals surface area contributed by atoms with Gasteiger partial charge in [0.1, 0.15) is 0 Å². The summed E-state index contributed by atoms with van der Waals surface area (Å²) in [5.74, 6) is 1.97. The summed E-state index contributed by atoms with van der Waals surface area (Å²) in [4.78, 5) is 0. The second-order valence-corrected chi connectivity index (χ2v) is 5.68. The monoisotopic (exact) mass is 247 g/mol. The van der Waals surface area contributed by atoms with Crippen LogP contribution in [0, 0.1) is 11.8 Å². The van der Waals surface area contributed by atoms with E-state index in [1.54, 1.807) is 0 Å². The predicted octanol–water partition coefficient (Wildman–Crippen LogP) is 3.05. The van der Waals surface area contributed by atoms with E-state index < -0.39 is 0 Å². The normalized spacial score (nSPS) is 26.1. The first-order valence-corrected chi connectivity index (χ1v) is 6.94. The van der Waals surface area contributed by atoms with Crippen LogP contribution in [0.5, 0.6) is 0 Å². The van der Waals surface area contributed by atoms with Gasteiger partial charge in [0.25, 0.3) is 0 Å². The zero-order valence-corrected chi connectivity index (χ0v) is 11.9. The van der Waals surface area contributed by atoms with Crippen LogP contribution >= 0.6 is 0 Å². The molecule has 2 heteroatoms. The average Bonchev–Trinajstić information content (AvgIpc) is 3.16. The third-order valence-corrected chi connectivity index (χ3v) is 4.15. The summed E-state index contributed by atoms with van der Waals surface area (Å²) in [6, 6.07) is 11.3. The average molecular weight is 247 g/mol. The van der Waals surface area contributed by atoms with Crippen molar-refractivity contribution in [1.82, 2.24) is 5.32 Å². The van der Waals surface area contributed by atoms with E-state index >= 15 is 0 Å². The van der Waals surface area contributed by atoms with Crippen LogP contribution in [0.25, 0.3) is 0 Å². The number of hydrogen-bond donors (Lipinski definition) is 1. The van der Waals surface area contributed by atoms with E-state index in [9.17, 15) is 0 Å². The number of ether oxygens (including phenoxy) is 1. The maximum atomic E-state index is 5.69.